The van der Waals surface area contributed by atoms with Crippen LogP contribution in [0.15, 0.2) is 0 Å². The average Bonchev–Trinajstić information content (AvgIpc) is 2.38. The smallest absolute Gasteiger partial charge is 0.410 e. The molecule has 20 heavy (non-hydrogen) atoms. The van der Waals surface area contributed by atoms with Gasteiger partial charge in [-0.15, -0.1) is 0 Å². The van der Waals surface area contributed by atoms with Crippen LogP contribution in [-0.2, 0) is 4.74 Å². The number of aliphatic hydroxyl groups is 1. The van der Waals surface area contributed by atoms with E-state index in [4.69, 9.17) is 4.74 Å². The van der Waals surface area contributed by atoms with Gasteiger partial charge in [-0.3, -0.25) is 0 Å². The minimum atomic E-state index is -0.451. The molecule has 116 valence electrons. The molecule has 4 nitrogen and oxygen atoms in total. The van der Waals surface area contributed by atoms with Crippen LogP contribution in [0.4, 0.5) is 4.79 Å². The Morgan fingerprint density at radius 2 is 1.80 bits per heavy atom. The predicted octanol–water partition coefficient (Wildman–Crippen LogP) is 3.18. The Morgan fingerprint density at radius 1 is 1.15 bits per heavy atom. The molecule has 1 amide bonds. The number of carbonyl (C=O) groups excluding carboxylic acids is 1. The molecule has 2 aliphatic rings. The fraction of sp³-hybridized carbons (Fsp3) is 0.938. The third-order valence-corrected chi connectivity index (χ3v) is 4.53. The van der Waals surface area contributed by atoms with Gasteiger partial charge < -0.3 is 14.7 Å². The number of likely N-dealkylation sites (tertiary alicyclic amines) is 1. The van der Waals surface area contributed by atoms with Gasteiger partial charge in [-0.25, -0.2) is 4.79 Å². The molecule has 2 unspecified atom stereocenters. The summed E-state index contributed by atoms with van der Waals surface area (Å²) in [5, 5.41) is 10.3. The molecule has 0 aromatic heterocycles. The normalized spacial score (nSPS) is 29.3. The van der Waals surface area contributed by atoms with E-state index in [1.54, 1.807) is 4.90 Å². The van der Waals surface area contributed by atoms with Crippen molar-refractivity contribution in [3.63, 3.8) is 0 Å². The summed E-state index contributed by atoms with van der Waals surface area (Å²) in [5.41, 5.74) is -0.451. The minimum Gasteiger partial charge on any atom is -0.444 e. The van der Waals surface area contributed by atoms with Gasteiger partial charge in [0.05, 0.1) is 6.10 Å². The number of ether oxygens (including phenoxy) is 1. The van der Waals surface area contributed by atoms with Crippen LogP contribution in [0.5, 0.6) is 0 Å². The van der Waals surface area contributed by atoms with E-state index in [0.717, 1.165) is 0 Å². The lowest BCUT2D eigenvalue weighted by Gasteiger charge is -2.41. The van der Waals surface area contributed by atoms with Gasteiger partial charge in [0.15, 0.2) is 0 Å². The zero-order valence-electron chi connectivity index (χ0n) is 13.1. The summed E-state index contributed by atoms with van der Waals surface area (Å²) in [6.07, 6.45) is 6.44. The maximum atomic E-state index is 12.2. The van der Waals surface area contributed by atoms with Gasteiger partial charge in [-0.2, -0.15) is 0 Å². The van der Waals surface area contributed by atoms with Crippen molar-refractivity contribution >= 4 is 6.09 Å². The molecule has 2 rings (SSSR count). The number of aliphatic hydroxyl groups excluding tert-OH is 1. The number of nitrogens with zero attached hydrogens (tertiary/aromatic N) is 1. The first-order valence-electron chi connectivity index (χ1n) is 8.03. The number of piperidine rings is 1. The van der Waals surface area contributed by atoms with E-state index in [0.29, 0.717) is 25.4 Å². The fourth-order valence-electron chi connectivity index (χ4n) is 3.49. The molecule has 1 N–H and O–H groups in total. The third-order valence-electron chi connectivity index (χ3n) is 4.53. The molecule has 1 heterocycles. The Hall–Kier alpha value is -0.770. The first kappa shape index (κ1) is 15.6. The van der Waals surface area contributed by atoms with Crippen LogP contribution < -0.4 is 0 Å². The summed E-state index contributed by atoms with van der Waals surface area (Å²) in [6, 6.07) is 0. The van der Waals surface area contributed by atoms with Crippen LogP contribution >= 0.6 is 0 Å². The second-order valence-electron chi connectivity index (χ2n) is 7.34. The fourth-order valence-corrected chi connectivity index (χ4v) is 3.49. The van der Waals surface area contributed by atoms with E-state index < -0.39 is 5.60 Å². The predicted molar refractivity (Wildman–Crippen MR) is 78.5 cm³/mol. The Kier molecular flexibility index (Phi) is 4.95. The van der Waals surface area contributed by atoms with E-state index >= 15 is 0 Å². The molecular weight excluding hydrogens is 254 g/mol. The number of hydrogen-bond donors (Lipinski definition) is 1. The second kappa shape index (κ2) is 6.33. The highest BCUT2D eigenvalue weighted by Crippen LogP contribution is 2.35. The molecule has 1 aliphatic heterocycles. The monoisotopic (exact) mass is 283 g/mol. The second-order valence-corrected chi connectivity index (χ2v) is 7.34. The summed E-state index contributed by atoms with van der Waals surface area (Å²) < 4.78 is 5.45. The number of hydrogen-bond acceptors (Lipinski definition) is 3. The minimum absolute atomic E-state index is 0.231. The number of amides is 1. The van der Waals surface area contributed by atoms with Crippen LogP contribution in [0, 0.1) is 11.8 Å². The SMILES string of the molecule is CC(C)(C)OC(=O)N1CCC(O)C(C2CCCCC2)C1. The lowest BCUT2D eigenvalue weighted by molar-refractivity contribution is -0.0268. The van der Waals surface area contributed by atoms with Crippen molar-refractivity contribution in [2.75, 3.05) is 13.1 Å². The Morgan fingerprint density at radius 3 is 2.40 bits per heavy atom. The zero-order valence-corrected chi connectivity index (χ0v) is 13.1. The quantitative estimate of drug-likeness (QED) is 0.804. The van der Waals surface area contributed by atoms with Crippen molar-refractivity contribution in [3.05, 3.63) is 0 Å². The van der Waals surface area contributed by atoms with E-state index in [9.17, 15) is 9.90 Å². The van der Waals surface area contributed by atoms with Crippen molar-refractivity contribution in [2.24, 2.45) is 11.8 Å². The largest absolute Gasteiger partial charge is 0.444 e. The lowest BCUT2D eigenvalue weighted by atomic mass is 9.75. The molecule has 0 aromatic rings. The zero-order chi connectivity index (χ0) is 14.8. The van der Waals surface area contributed by atoms with Gasteiger partial charge >= 0.3 is 6.09 Å². The Balaban J connectivity index is 1.94. The van der Waals surface area contributed by atoms with E-state index in [1.807, 2.05) is 20.8 Å². The third kappa shape index (κ3) is 4.11. The van der Waals surface area contributed by atoms with E-state index in [2.05, 4.69) is 0 Å². The average molecular weight is 283 g/mol. The molecule has 1 saturated carbocycles. The summed E-state index contributed by atoms with van der Waals surface area (Å²) >= 11 is 0. The maximum absolute atomic E-state index is 12.2. The summed E-state index contributed by atoms with van der Waals surface area (Å²) in [7, 11) is 0. The molecule has 1 saturated heterocycles. The molecule has 1 aliphatic carbocycles. The van der Waals surface area contributed by atoms with Crippen LogP contribution in [0.3, 0.4) is 0 Å². The van der Waals surface area contributed by atoms with Crippen molar-refractivity contribution in [1.82, 2.24) is 4.90 Å². The highest BCUT2D eigenvalue weighted by molar-refractivity contribution is 5.68. The molecule has 0 spiro atoms. The van der Waals surface area contributed by atoms with Gasteiger partial charge in [0.25, 0.3) is 0 Å². The van der Waals surface area contributed by atoms with Crippen LogP contribution in [0.2, 0.25) is 0 Å². The highest BCUT2D eigenvalue weighted by Gasteiger charge is 2.37. The summed E-state index contributed by atoms with van der Waals surface area (Å²) in [5.74, 6) is 0.806. The molecule has 0 radical (unpaired) electrons. The van der Waals surface area contributed by atoms with Crippen molar-refractivity contribution in [1.29, 1.82) is 0 Å². The van der Waals surface area contributed by atoms with Crippen molar-refractivity contribution in [2.45, 2.75) is 71.0 Å². The maximum Gasteiger partial charge on any atom is 0.410 e. The van der Waals surface area contributed by atoms with E-state index in [-0.39, 0.29) is 18.1 Å². The van der Waals surface area contributed by atoms with Crippen molar-refractivity contribution < 1.29 is 14.6 Å². The van der Waals surface area contributed by atoms with Crippen molar-refractivity contribution in [3.8, 4) is 0 Å². The molecule has 0 aromatic carbocycles. The molecule has 4 heteroatoms. The molecule has 2 atom stereocenters. The molecule has 2 fully saturated rings. The standard InChI is InChI=1S/C16H29NO3/c1-16(2,3)20-15(19)17-10-9-14(18)13(11-17)12-7-5-4-6-8-12/h12-14,18H,4-11H2,1-3H3. The highest BCUT2D eigenvalue weighted by atomic mass is 16.6. The first-order valence-corrected chi connectivity index (χ1v) is 8.03. The summed E-state index contributed by atoms with van der Waals surface area (Å²) in [6.45, 7) is 6.94. The van der Waals surface area contributed by atoms with Gasteiger partial charge in [0, 0.05) is 19.0 Å². The van der Waals surface area contributed by atoms with Gasteiger partial charge in [0.1, 0.15) is 5.60 Å². The van der Waals surface area contributed by atoms with Gasteiger partial charge in [0.2, 0.25) is 0 Å². The van der Waals surface area contributed by atoms with Crippen LogP contribution in [-0.4, -0.2) is 40.9 Å². The Bertz CT molecular complexity index is 331. The van der Waals surface area contributed by atoms with E-state index in [1.165, 1.54) is 32.1 Å². The Labute approximate surface area is 122 Å². The van der Waals surface area contributed by atoms with Crippen LogP contribution in [0.25, 0.3) is 0 Å². The number of carbonyl (C=O) groups is 1. The van der Waals surface area contributed by atoms with Gasteiger partial charge in [-0.1, -0.05) is 32.1 Å². The topological polar surface area (TPSA) is 49.8 Å². The van der Waals surface area contributed by atoms with Gasteiger partial charge in [-0.05, 0) is 33.1 Å². The molecular formula is C16H29NO3. The number of rotatable bonds is 1. The van der Waals surface area contributed by atoms with Crippen LogP contribution in [0.1, 0.15) is 59.3 Å². The molecule has 0 bridgehead atoms. The first-order chi connectivity index (χ1) is 9.37. The summed E-state index contributed by atoms with van der Waals surface area (Å²) in [4.78, 5) is 14.0. The lowest BCUT2D eigenvalue weighted by Crippen LogP contribution is -2.50.